The van der Waals surface area contributed by atoms with Crippen molar-refractivity contribution in [3.05, 3.63) is 28.2 Å². The van der Waals surface area contributed by atoms with E-state index in [0.29, 0.717) is 15.7 Å². The predicted octanol–water partition coefficient (Wildman–Crippen LogP) is 4.91. The van der Waals surface area contributed by atoms with Crippen LogP contribution in [0, 0.1) is 0 Å². The van der Waals surface area contributed by atoms with E-state index in [-0.39, 0.29) is 0 Å². The lowest BCUT2D eigenvalue weighted by atomic mass is 10.2. The van der Waals surface area contributed by atoms with Crippen LogP contribution in [0.3, 0.4) is 0 Å². The van der Waals surface area contributed by atoms with Gasteiger partial charge < -0.3 is 9.47 Å². The minimum absolute atomic E-state index is 0.356. The second-order valence-corrected chi connectivity index (χ2v) is 8.63. The fraction of sp³-hybridized carbons (Fsp3) is 0.556. The van der Waals surface area contributed by atoms with Crippen LogP contribution in [-0.2, 0) is 9.47 Å². The van der Waals surface area contributed by atoms with Crippen molar-refractivity contribution in [1.82, 2.24) is 10.0 Å². The lowest BCUT2D eigenvalue weighted by Gasteiger charge is -2.25. The lowest BCUT2D eigenvalue weighted by molar-refractivity contribution is 0.0295. The second kappa shape index (κ2) is 10.6. The fourth-order valence-electron chi connectivity index (χ4n) is 1.48. The monoisotopic (exact) mass is 436 g/mol. The molecule has 1 aromatic rings. The van der Waals surface area contributed by atoms with Crippen molar-refractivity contribution in [2.45, 2.75) is 52.7 Å². The molecular weight excluding hydrogens is 407 g/mol. The van der Waals surface area contributed by atoms with Crippen LogP contribution in [0.4, 0.5) is 15.3 Å². The first-order chi connectivity index (χ1) is 12.5. The molecule has 0 bridgehead atoms. The van der Waals surface area contributed by atoms with Gasteiger partial charge in [0.15, 0.2) is 0 Å². The highest BCUT2D eigenvalue weighted by atomic mass is 35.5. The molecule has 0 aliphatic heterocycles. The molecule has 0 saturated carbocycles. The Balaban J connectivity index is 0.000000621. The first-order valence-corrected chi connectivity index (χ1v) is 9.18. The van der Waals surface area contributed by atoms with E-state index in [1.165, 1.54) is 12.1 Å². The van der Waals surface area contributed by atoms with Gasteiger partial charge in [-0.05, 0) is 53.7 Å². The Morgan fingerprint density at radius 3 is 1.82 bits per heavy atom. The van der Waals surface area contributed by atoms with Crippen molar-refractivity contribution in [2.24, 2.45) is 5.84 Å². The van der Waals surface area contributed by atoms with Gasteiger partial charge in [0.1, 0.15) is 11.2 Å². The van der Waals surface area contributed by atoms with Gasteiger partial charge in [0.05, 0.1) is 15.7 Å². The molecule has 10 heteroatoms. The fourth-order valence-corrected chi connectivity index (χ4v) is 1.82. The molecule has 0 atom stereocenters. The van der Waals surface area contributed by atoms with Crippen molar-refractivity contribution >= 4 is 41.1 Å². The van der Waals surface area contributed by atoms with E-state index >= 15 is 0 Å². The Kier molecular flexibility index (Phi) is 9.87. The van der Waals surface area contributed by atoms with E-state index in [1.54, 1.807) is 66.8 Å². The summed E-state index contributed by atoms with van der Waals surface area (Å²) in [5.74, 6) is 5.10. The lowest BCUT2D eigenvalue weighted by Crippen LogP contribution is -2.38. The highest BCUT2D eigenvalue weighted by Gasteiger charge is 2.20. The third kappa shape index (κ3) is 11.1. The highest BCUT2D eigenvalue weighted by Crippen LogP contribution is 2.29. The number of anilines is 1. The van der Waals surface area contributed by atoms with E-state index in [9.17, 15) is 9.59 Å². The predicted molar refractivity (Wildman–Crippen MR) is 112 cm³/mol. The Hall–Kier alpha value is -1.90. The number of hydrogen-bond donors (Lipinski definition) is 2. The Morgan fingerprint density at radius 1 is 0.964 bits per heavy atom. The highest BCUT2D eigenvalue weighted by molar-refractivity contribution is 6.43. The number of nitrogens with zero attached hydrogens (tertiary/aromatic N) is 2. The van der Waals surface area contributed by atoms with Crippen molar-refractivity contribution in [3.8, 4) is 0 Å². The molecule has 160 valence electrons. The number of halogens is 2. The Morgan fingerprint density at radius 2 is 1.43 bits per heavy atom. The molecule has 3 N–H and O–H groups in total. The maximum atomic E-state index is 11.7. The van der Waals surface area contributed by atoms with E-state index in [1.807, 2.05) is 0 Å². The number of amides is 2. The summed E-state index contributed by atoms with van der Waals surface area (Å²) in [6.45, 7) is 10.7. The number of ether oxygens (including phenoxy) is 2. The molecule has 0 unspecified atom stereocenters. The minimum atomic E-state index is -0.550. The van der Waals surface area contributed by atoms with Gasteiger partial charge in [-0.15, -0.1) is 0 Å². The van der Waals surface area contributed by atoms with Gasteiger partial charge in [-0.1, -0.05) is 29.3 Å². The zero-order valence-electron chi connectivity index (χ0n) is 17.6. The molecule has 0 saturated heterocycles. The molecule has 0 radical (unpaired) electrons. The molecular formula is C18H30Cl2N4O4. The van der Waals surface area contributed by atoms with Crippen LogP contribution in [0.1, 0.15) is 41.5 Å². The van der Waals surface area contributed by atoms with Crippen LogP contribution < -0.4 is 11.3 Å². The maximum Gasteiger partial charge on any atom is 0.428 e. The molecule has 0 aliphatic carbocycles. The average molecular weight is 437 g/mol. The number of nitrogens with two attached hydrogens (primary N) is 1. The molecule has 1 aromatic carbocycles. The third-order valence-electron chi connectivity index (χ3n) is 2.59. The number of carbonyl (C=O) groups is 2. The third-order valence-corrected chi connectivity index (χ3v) is 3.41. The van der Waals surface area contributed by atoms with E-state index < -0.39 is 23.4 Å². The van der Waals surface area contributed by atoms with Gasteiger partial charge in [-0.3, -0.25) is 5.43 Å². The van der Waals surface area contributed by atoms with Crippen LogP contribution in [0.2, 0.25) is 10.0 Å². The SMILES string of the molecule is CN(N)C(=O)OC(C)(C)C.CN(Nc1cccc(Cl)c1Cl)C(=O)OC(C)(C)C. The van der Waals surface area contributed by atoms with Crippen molar-refractivity contribution < 1.29 is 19.1 Å². The van der Waals surface area contributed by atoms with Gasteiger partial charge in [-0.25, -0.2) is 25.4 Å². The van der Waals surface area contributed by atoms with Crippen LogP contribution in [0.25, 0.3) is 0 Å². The zero-order chi connectivity index (χ0) is 22.3. The van der Waals surface area contributed by atoms with Crippen LogP contribution in [-0.4, -0.2) is 47.5 Å². The summed E-state index contributed by atoms with van der Waals surface area (Å²) in [7, 11) is 2.99. The molecule has 2 amide bonds. The van der Waals surface area contributed by atoms with Crippen molar-refractivity contribution in [3.63, 3.8) is 0 Å². The molecule has 0 fully saturated rings. The summed E-state index contributed by atoms with van der Waals surface area (Å²) in [5, 5.41) is 2.89. The van der Waals surface area contributed by atoms with Crippen LogP contribution in [0.15, 0.2) is 18.2 Å². The number of nitrogens with one attached hydrogen (secondary N) is 1. The maximum absolute atomic E-state index is 11.7. The molecule has 8 nitrogen and oxygen atoms in total. The number of hydrazine groups is 2. The number of benzene rings is 1. The topological polar surface area (TPSA) is 97.1 Å². The second-order valence-electron chi connectivity index (χ2n) is 7.84. The quantitative estimate of drug-likeness (QED) is 0.388. The van der Waals surface area contributed by atoms with Gasteiger partial charge in [0.2, 0.25) is 0 Å². The minimum Gasteiger partial charge on any atom is -0.443 e. The summed E-state index contributed by atoms with van der Waals surface area (Å²) in [4.78, 5) is 22.5. The van der Waals surface area contributed by atoms with E-state index in [2.05, 4.69) is 5.43 Å². The molecule has 1 rings (SSSR count). The summed E-state index contributed by atoms with van der Waals surface area (Å²) in [6, 6.07) is 5.12. The smallest absolute Gasteiger partial charge is 0.428 e. The number of carbonyl (C=O) groups excluding carboxylic acids is 2. The van der Waals surface area contributed by atoms with Crippen LogP contribution in [0.5, 0.6) is 0 Å². The largest absolute Gasteiger partial charge is 0.443 e. The summed E-state index contributed by atoms with van der Waals surface area (Å²) in [6.07, 6.45) is -1.02. The van der Waals surface area contributed by atoms with Gasteiger partial charge in [0, 0.05) is 14.1 Å². The van der Waals surface area contributed by atoms with E-state index in [4.69, 9.17) is 38.5 Å². The molecule has 28 heavy (non-hydrogen) atoms. The molecule has 0 heterocycles. The van der Waals surface area contributed by atoms with Gasteiger partial charge in [0.25, 0.3) is 0 Å². The molecule has 0 aliphatic rings. The standard InChI is InChI=1S/C12H16Cl2N2O2.C6H14N2O2/c1-12(2,3)18-11(17)16(4)15-9-7-5-6-8(13)10(9)14;1-6(2,3)10-5(9)8(4)7/h5-7,15H,1-4H3;7H2,1-4H3. The van der Waals surface area contributed by atoms with E-state index in [0.717, 1.165) is 5.01 Å². The zero-order valence-corrected chi connectivity index (χ0v) is 19.1. The normalized spacial score (nSPS) is 11.0. The Labute approximate surface area is 176 Å². The summed E-state index contributed by atoms with van der Waals surface area (Å²) < 4.78 is 10.1. The van der Waals surface area contributed by atoms with Gasteiger partial charge >= 0.3 is 12.2 Å². The first kappa shape index (κ1) is 26.1. The van der Waals surface area contributed by atoms with Gasteiger partial charge in [-0.2, -0.15) is 0 Å². The average Bonchev–Trinajstić information content (AvgIpc) is 2.49. The molecule has 0 aromatic heterocycles. The summed E-state index contributed by atoms with van der Waals surface area (Å²) >= 11 is 11.9. The Bertz CT molecular complexity index is 671. The number of hydrogen-bond acceptors (Lipinski definition) is 6. The van der Waals surface area contributed by atoms with Crippen molar-refractivity contribution in [2.75, 3.05) is 19.5 Å². The van der Waals surface area contributed by atoms with Crippen LogP contribution >= 0.6 is 23.2 Å². The first-order valence-electron chi connectivity index (χ1n) is 8.42. The summed E-state index contributed by atoms with van der Waals surface area (Å²) in [5.41, 5.74) is 2.34. The van der Waals surface area contributed by atoms with Crippen molar-refractivity contribution in [1.29, 1.82) is 0 Å². The number of rotatable bonds is 2. The molecule has 0 spiro atoms.